The van der Waals surface area contributed by atoms with Gasteiger partial charge in [0, 0.05) is 13.7 Å². The van der Waals surface area contributed by atoms with Crippen molar-refractivity contribution in [1.29, 1.82) is 0 Å². The fourth-order valence-electron chi connectivity index (χ4n) is 2.48. The van der Waals surface area contributed by atoms with Gasteiger partial charge >= 0.3 is 0 Å². The number of halogens is 1. The molecule has 0 radical (unpaired) electrons. The minimum absolute atomic E-state index is 0.223. The SMILES string of the molecule is COC1CCCC(OCCNc2ccccc2F)C1. The maximum Gasteiger partial charge on any atom is 0.146 e. The van der Waals surface area contributed by atoms with Gasteiger partial charge in [0.15, 0.2) is 0 Å². The Morgan fingerprint density at radius 3 is 2.84 bits per heavy atom. The molecule has 2 atom stereocenters. The Hall–Kier alpha value is -1.13. The van der Waals surface area contributed by atoms with E-state index in [1.54, 1.807) is 19.2 Å². The summed E-state index contributed by atoms with van der Waals surface area (Å²) < 4.78 is 24.5. The first kappa shape index (κ1) is 14.3. The van der Waals surface area contributed by atoms with Crippen molar-refractivity contribution < 1.29 is 13.9 Å². The smallest absolute Gasteiger partial charge is 0.146 e. The number of methoxy groups -OCH3 is 1. The second-order valence-corrected chi connectivity index (χ2v) is 4.92. The van der Waals surface area contributed by atoms with Gasteiger partial charge in [0.05, 0.1) is 24.5 Å². The van der Waals surface area contributed by atoms with Gasteiger partial charge in [-0.05, 0) is 37.8 Å². The van der Waals surface area contributed by atoms with Crippen LogP contribution >= 0.6 is 0 Å². The second-order valence-electron chi connectivity index (χ2n) is 4.92. The topological polar surface area (TPSA) is 30.5 Å². The first-order chi connectivity index (χ1) is 9.29. The minimum atomic E-state index is -0.223. The van der Waals surface area contributed by atoms with Gasteiger partial charge in [-0.15, -0.1) is 0 Å². The highest BCUT2D eigenvalue weighted by Crippen LogP contribution is 2.22. The molecule has 0 bridgehead atoms. The number of nitrogens with one attached hydrogen (secondary N) is 1. The van der Waals surface area contributed by atoms with Crippen LogP contribution < -0.4 is 5.32 Å². The zero-order valence-corrected chi connectivity index (χ0v) is 11.4. The molecule has 3 nitrogen and oxygen atoms in total. The molecule has 0 amide bonds. The first-order valence-corrected chi connectivity index (χ1v) is 6.92. The van der Waals surface area contributed by atoms with Crippen LogP contribution in [0.3, 0.4) is 0 Å². The normalized spacial score (nSPS) is 23.3. The average Bonchev–Trinajstić information content (AvgIpc) is 2.45. The van der Waals surface area contributed by atoms with Crippen molar-refractivity contribution in [3.8, 4) is 0 Å². The molecule has 1 N–H and O–H groups in total. The zero-order chi connectivity index (χ0) is 13.5. The highest BCUT2D eigenvalue weighted by molar-refractivity contribution is 5.44. The van der Waals surface area contributed by atoms with Crippen molar-refractivity contribution in [1.82, 2.24) is 0 Å². The molecule has 4 heteroatoms. The second kappa shape index (κ2) is 7.46. The third kappa shape index (κ3) is 4.48. The summed E-state index contributed by atoms with van der Waals surface area (Å²) in [6.45, 7) is 1.21. The van der Waals surface area contributed by atoms with Crippen LogP contribution in [0.15, 0.2) is 24.3 Å². The Balaban J connectivity index is 1.65. The molecule has 19 heavy (non-hydrogen) atoms. The molecule has 2 unspecified atom stereocenters. The van der Waals surface area contributed by atoms with Crippen LogP contribution in [0.2, 0.25) is 0 Å². The molecule has 0 aliphatic heterocycles. The Morgan fingerprint density at radius 2 is 2.05 bits per heavy atom. The molecule has 0 aromatic heterocycles. The number of hydrogen-bond acceptors (Lipinski definition) is 3. The number of para-hydroxylation sites is 1. The Kier molecular flexibility index (Phi) is 5.61. The van der Waals surface area contributed by atoms with Crippen LogP contribution in [0.4, 0.5) is 10.1 Å². The number of rotatable bonds is 6. The summed E-state index contributed by atoms with van der Waals surface area (Å²) in [7, 11) is 1.76. The fraction of sp³-hybridized carbons (Fsp3) is 0.600. The lowest BCUT2D eigenvalue weighted by atomic mass is 9.95. The molecule has 0 saturated heterocycles. The summed E-state index contributed by atoms with van der Waals surface area (Å²) in [6, 6.07) is 6.69. The number of anilines is 1. The molecule has 1 aliphatic carbocycles. The highest BCUT2D eigenvalue weighted by Gasteiger charge is 2.21. The summed E-state index contributed by atoms with van der Waals surface area (Å²) in [5.74, 6) is -0.223. The molecule has 1 aliphatic rings. The first-order valence-electron chi connectivity index (χ1n) is 6.92. The van der Waals surface area contributed by atoms with E-state index in [2.05, 4.69) is 5.32 Å². The molecular weight excluding hydrogens is 245 g/mol. The van der Waals surface area contributed by atoms with Gasteiger partial charge in [0.2, 0.25) is 0 Å². The van der Waals surface area contributed by atoms with E-state index in [9.17, 15) is 4.39 Å². The van der Waals surface area contributed by atoms with Gasteiger partial charge in [0.25, 0.3) is 0 Å². The fourth-order valence-corrected chi connectivity index (χ4v) is 2.48. The van der Waals surface area contributed by atoms with Gasteiger partial charge < -0.3 is 14.8 Å². The van der Waals surface area contributed by atoms with E-state index in [1.165, 1.54) is 6.07 Å². The van der Waals surface area contributed by atoms with E-state index < -0.39 is 0 Å². The van der Waals surface area contributed by atoms with Crippen LogP contribution in [0, 0.1) is 5.82 Å². The van der Waals surface area contributed by atoms with E-state index in [-0.39, 0.29) is 11.9 Å². The van der Waals surface area contributed by atoms with Gasteiger partial charge in [0.1, 0.15) is 5.82 Å². The van der Waals surface area contributed by atoms with Crippen molar-refractivity contribution in [2.75, 3.05) is 25.6 Å². The van der Waals surface area contributed by atoms with Crippen molar-refractivity contribution >= 4 is 5.69 Å². The van der Waals surface area contributed by atoms with E-state index in [4.69, 9.17) is 9.47 Å². The van der Waals surface area contributed by atoms with Gasteiger partial charge in [-0.25, -0.2) is 4.39 Å². The Morgan fingerprint density at radius 1 is 1.26 bits per heavy atom. The standard InChI is InChI=1S/C15H22FNO2/c1-18-12-5-4-6-13(11-12)19-10-9-17-15-8-3-2-7-14(15)16/h2-3,7-8,12-13,17H,4-6,9-11H2,1H3. The van der Waals surface area contributed by atoms with Crippen molar-refractivity contribution in [2.24, 2.45) is 0 Å². The molecule has 0 spiro atoms. The third-order valence-corrected chi connectivity index (χ3v) is 3.56. The van der Waals surface area contributed by atoms with Gasteiger partial charge in [-0.3, -0.25) is 0 Å². The lowest BCUT2D eigenvalue weighted by Crippen LogP contribution is -2.28. The lowest BCUT2D eigenvalue weighted by molar-refractivity contribution is -0.0261. The molecule has 2 rings (SSSR count). The number of benzene rings is 1. The molecule has 1 fully saturated rings. The predicted molar refractivity (Wildman–Crippen MR) is 73.9 cm³/mol. The van der Waals surface area contributed by atoms with Gasteiger partial charge in [-0.2, -0.15) is 0 Å². The average molecular weight is 267 g/mol. The van der Waals surface area contributed by atoms with E-state index in [0.717, 1.165) is 25.7 Å². The van der Waals surface area contributed by atoms with Crippen LogP contribution in [-0.2, 0) is 9.47 Å². The molecule has 106 valence electrons. The monoisotopic (exact) mass is 267 g/mol. The molecule has 0 heterocycles. The summed E-state index contributed by atoms with van der Waals surface area (Å²) in [4.78, 5) is 0. The summed E-state index contributed by atoms with van der Waals surface area (Å²) in [5.41, 5.74) is 0.532. The lowest BCUT2D eigenvalue weighted by Gasteiger charge is -2.28. The summed E-state index contributed by atoms with van der Waals surface area (Å²) >= 11 is 0. The molecule has 1 aromatic carbocycles. The van der Waals surface area contributed by atoms with Gasteiger partial charge in [-0.1, -0.05) is 12.1 Å². The van der Waals surface area contributed by atoms with Crippen LogP contribution in [-0.4, -0.2) is 32.5 Å². The minimum Gasteiger partial charge on any atom is -0.381 e. The van der Waals surface area contributed by atoms with Crippen molar-refractivity contribution in [3.63, 3.8) is 0 Å². The predicted octanol–water partition coefficient (Wildman–Crippen LogP) is 3.21. The molecule has 1 aromatic rings. The summed E-state index contributed by atoms with van der Waals surface area (Å²) in [6.07, 6.45) is 4.96. The van der Waals surface area contributed by atoms with Crippen LogP contribution in [0.1, 0.15) is 25.7 Å². The largest absolute Gasteiger partial charge is 0.381 e. The number of ether oxygens (including phenoxy) is 2. The quantitative estimate of drug-likeness (QED) is 0.803. The zero-order valence-electron chi connectivity index (χ0n) is 11.4. The highest BCUT2D eigenvalue weighted by atomic mass is 19.1. The van der Waals surface area contributed by atoms with E-state index in [1.807, 2.05) is 6.07 Å². The van der Waals surface area contributed by atoms with E-state index in [0.29, 0.717) is 24.9 Å². The van der Waals surface area contributed by atoms with E-state index >= 15 is 0 Å². The number of hydrogen-bond donors (Lipinski definition) is 1. The third-order valence-electron chi connectivity index (χ3n) is 3.56. The maximum absolute atomic E-state index is 13.3. The van der Waals surface area contributed by atoms with Crippen LogP contribution in [0.5, 0.6) is 0 Å². The van der Waals surface area contributed by atoms with Crippen molar-refractivity contribution in [3.05, 3.63) is 30.1 Å². The maximum atomic E-state index is 13.3. The Labute approximate surface area is 114 Å². The molecule has 1 saturated carbocycles. The van der Waals surface area contributed by atoms with Crippen molar-refractivity contribution in [2.45, 2.75) is 37.9 Å². The Bertz CT molecular complexity index is 386. The summed E-state index contributed by atoms with van der Waals surface area (Å²) in [5, 5.41) is 3.05. The van der Waals surface area contributed by atoms with Crippen LogP contribution in [0.25, 0.3) is 0 Å². The molecular formula is C15H22FNO2.